The predicted molar refractivity (Wildman–Crippen MR) is 175 cm³/mol. The molecule has 5 rings (SSSR count). The molecule has 3 aromatic heterocycles. The van der Waals surface area contributed by atoms with Gasteiger partial charge in [0.1, 0.15) is 19.3 Å². The van der Waals surface area contributed by atoms with Gasteiger partial charge in [-0.3, -0.25) is 4.98 Å². The zero-order valence-corrected chi connectivity index (χ0v) is 28.6. The summed E-state index contributed by atoms with van der Waals surface area (Å²) < 4.78 is 14.6. The molecule has 2 aliphatic carbocycles. The van der Waals surface area contributed by atoms with E-state index in [2.05, 4.69) is 55.2 Å². The molecule has 0 saturated heterocycles. The minimum Gasteiger partial charge on any atom is -0.390 e. The molecule has 230 valence electrons. The van der Waals surface area contributed by atoms with E-state index in [1.54, 1.807) is 0 Å². The van der Waals surface area contributed by atoms with Crippen molar-refractivity contribution in [3.63, 3.8) is 0 Å². The van der Waals surface area contributed by atoms with Gasteiger partial charge in [0.2, 0.25) is 0 Å². The maximum atomic E-state index is 9.51. The second kappa shape index (κ2) is 13.3. The fourth-order valence-corrected chi connectivity index (χ4v) is 7.82. The first-order chi connectivity index (χ1) is 20.0. The molecule has 2 fully saturated rings. The Balaban J connectivity index is 1.50. The Hall–Kier alpha value is -2.12. The number of aliphatic hydroxyl groups is 1. The van der Waals surface area contributed by atoms with Crippen LogP contribution in [0.3, 0.4) is 0 Å². The van der Waals surface area contributed by atoms with Crippen LogP contribution in [-0.4, -0.2) is 67.5 Å². The Morgan fingerprint density at radius 3 is 2.10 bits per heavy atom. The van der Waals surface area contributed by atoms with Crippen molar-refractivity contribution in [2.45, 2.75) is 96.0 Å². The van der Waals surface area contributed by atoms with Crippen molar-refractivity contribution < 1.29 is 14.6 Å². The molecule has 2 aliphatic rings. The topological polar surface area (TPSA) is 85.0 Å². The third-order valence-corrected chi connectivity index (χ3v) is 12.3. The molecule has 8 nitrogen and oxygen atoms in total. The van der Waals surface area contributed by atoms with Gasteiger partial charge in [0, 0.05) is 64.4 Å². The zero-order chi connectivity index (χ0) is 29.9. The molecule has 0 unspecified atom stereocenters. The molecule has 3 heterocycles. The summed E-state index contributed by atoms with van der Waals surface area (Å²) >= 11 is 0. The van der Waals surface area contributed by atoms with Crippen molar-refractivity contribution in [1.29, 1.82) is 0 Å². The highest BCUT2D eigenvalue weighted by Gasteiger charge is 2.36. The van der Waals surface area contributed by atoms with Crippen molar-refractivity contribution in [3.05, 3.63) is 42.0 Å². The van der Waals surface area contributed by atoms with Crippen LogP contribution in [0, 0.1) is 11.8 Å². The molecule has 2 bridgehead atoms. The Morgan fingerprint density at radius 1 is 0.905 bits per heavy atom. The van der Waals surface area contributed by atoms with Crippen LogP contribution in [0.1, 0.15) is 49.4 Å². The second-order valence-corrected chi connectivity index (χ2v) is 26.2. The molecule has 3 aromatic rings. The number of aromatic nitrogens is 4. The van der Waals surface area contributed by atoms with Crippen LogP contribution in [0.25, 0.3) is 16.8 Å². The molecule has 3 atom stereocenters. The number of hydrogen-bond acceptors (Lipinski definition) is 7. The largest absolute Gasteiger partial charge is 0.390 e. The van der Waals surface area contributed by atoms with Gasteiger partial charge in [-0.05, 0) is 49.3 Å². The van der Waals surface area contributed by atoms with Crippen molar-refractivity contribution in [2.24, 2.45) is 11.8 Å². The van der Waals surface area contributed by atoms with Gasteiger partial charge in [0.05, 0.1) is 18.5 Å². The fraction of sp³-hybridized carbons (Fsp3) is 0.656. The quantitative estimate of drug-likeness (QED) is 0.120. The summed E-state index contributed by atoms with van der Waals surface area (Å²) in [5, 5.41) is 14.4. The van der Waals surface area contributed by atoms with E-state index in [0.29, 0.717) is 25.1 Å². The van der Waals surface area contributed by atoms with E-state index in [1.807, 2.05) is 29.0 Å². The number of pyridine rings is 1. The minimum absolute atomic E-state index is 0.0734. The molecule has 10 heteroatoms. The van der Waals surface area contributed by atoms with E-state index in [1.165, 1.54) is 32.1 Å². The summed E-state index contributed by atoms with van der Waals surface area (Å²) in [6, 6.07) is 8.38. The van der Waals surface area contributed by atoms with Crippen LogP contribution in [0.15, 0.2) is 30.6 Å². The molecule has 2 saturated carbocycles. The van der Waals surface area contributed by atoms with E-state index >= 15 is 0 Å². The Kier molecular flexibility index (Phi) is 9.88. The number of nitrogens with zero attached hydrogens (tertiary/aromatic N) is 5. The third-order valence-electron chi connectivity index (χ3n) is 8.89. The van der Waals surface area contributed by atoms with Gasteiger partial charge in [0.25, 0.3) is 0 Å². The van der Waals surface area contributed by atoms with Crippen LogP contribution >= 0.6 is 0 Å². The Morgan fingerprint density at radius 2 is 1.55 bits per heavy atom. The van der Waals surface area contributed by atoms with Gasteiger partial charge in [-0.1, -0.05) is 58.2 Å². The van der Waals surface area contributed by atoms with Crippen LogP contribution in [0.5, 0.6) is 0 Å². The second-order valence-electron chi connectivity index (χ2n) is 15.0. The smallest absolute Gasteiger partial charge is 0.165 e. The third kappa shape index (κ3) is 8.08. The molecule has 42 heavy (non-hydrogen) atoms. The van der Waals surface area contributed by atoms with Gasteiger partial charge in [-0.25, -0.2) is 4.98 Å². The summed E-state index contributed by atoms with van der Waals surface area (Å²) in [7, 11) is -2.41. The molecule has 0 aliphatic heterocycles. The van der Waals surface area contributed by atoms with E-state index < -0.39 is 16.1 Å². The SMILES string of the molecule is C[Si](C)(C)CCOCN(COCC[Si](C)(C)C)c1cc([C@H]2C[C@@H]3CC[C@@H](C3)C2)nc2c(-c3ccc(CO)nc3)cnn12. The van der Waals surface area contributed by atoms with Crippen molar-refractivity contribution in [3.8, 4) is 11.1 Å². The van der Waals surface area contributed by atoms with Gasteiger partial charge < -0.3 is 19.5 Å². The average molecular weight is 610 g/mol. The van der Waals surface area contributed by atoms with Crippen molar-refractivity contribution >= 4 is 27.6 Å². The monoisotopic (exact) mass is 609 g/mol. The number of ether oxygens (including phenoxy) is 2. The lowest BCUT2D eigenvalue weighted by Gasteiger charge is -2.30. The molecule has 0 spiro atoms. The summed E-state index contributed by atoms with van der Waals surface area (Å²) in [5.74, 6) is 3.07. The lowest BCUT2D eigenvalue weighted by atomic mass is 9.79. The maximum absolute atomic E-state index is 9.51. The molecular weight excluding hydrogens is 559 g/mol. The van der Waals surface area contributed by atoms with Gasteiger partial charge in [-0.2, -0.15) is 9.61 Å². The van der Waals surface area contributed by atoms with Crippen LogP contribution < -0.4 is 4.90 Å². The minimum atomic E-state index is -1.20. The van der Waals surface area contributed by atoms with Crippen LogP contribution in [-0.2, 0) is 16.1 Å². The fourth-order valence-electron chi connectivity index (χ4n) is 6.31. The summed E-state index contributed by atoms with van der Waals surface area (Å²) in [4.78, 5) is 11.9. The number of fused-ring (bicyclic) bond motifs is 3. The number of anilines is 1. The summed E-state index contributed by atoms with van der Waals surface area (Å²) in [6.45, 7) is 16.6. The normalized spacial score (nSPS) is 20.9. The van der Waals surface area contributed by atoms with Crippen molar-refractivity contribution in [1.82, 2.24) is 19.6 Å². The molecule has 1 N–H and O–H groups in total. The first-order valence-corrected chi connectivity index (χ1v) is 23.3. The Bertz CT molecular complexity index is 1280. The van der Waals surface area contributed by atoms with E-state index in [0.717, 1.165) is 65.4 Å². The molecule has 0 aromatic carbocycles. The van der Waals surface area contributed by atoms with Gasteiger partial charge in [-0.15, -0.1) is 0 Å². The average Bonchev–Trinajstić information content (AvgIpc) is 3.52. The van der Waals surface area contributed by atoms with E-state index in [9.17, 15) is 5.11 Å². The molecular formula is C32H51N5O3Si2. The maximum Gasteiger partial charge on any atom is 0.165 e. The predicted octanol–water partition coefficient (Wildman–Crippen LogP) is 7.01. The summed E-state index contributed by atoms with van der Waals surface area (Å²) in [5.41, 5.74) is 4.55. The molecule has 0 amide bonds. The first kappa shape index (κ1) is 31.3. The number of aliphatic hydroxyl groups excluding tert-OH is 1. The van der Waals surface area contributed by atoms with Gasteiger partial charge in [0.15, 0.2) is 5.65 Å². The lowest BCUT2D eigenvalue weighted by Crippen LogP contribution is -2.33. The number of rotatable bonds is 14. The number of hydrogen-bond donors (Lipinski definition) is 1. The zero-order valence-electron chi connectivity index (χ0n) is 26.6. The lowest BCUT2D eigenvalue weighted by molar-refractivity contribution is 0.0942. The van der Waals surface area contributed by atoms with Crippen LogP contribution in [0.2, 0.25) is 51.4 Å². The first-order valence-electron chi connectivity index (χ1n) is 15.8. The molecule has 0 radical (unpaired) electrons. The summed E-state index contributed by atoms with van der Waals surface area (Å²) in [6.07, 6.45) is 10.2. The van der Waals surface area contributed by atoms with Gasteiger partial charge >= 0.3 is 0 Å². The Labute approximate surface area is 253 Å². The highest BCUT2D eigenvalue weighted by atomic mass is 28.3. The van der Waals surface area contributed by atoms with Crippen molar-refractivity contribution in [2.75, 3.05) is 31.6 Å². The standard InChI is InChI=1S/C32H51N5O3Si2/c1-41(2,3)13-11-39-22-36(23-40-12-14-42(4,5)6)31-18-30(27-16-24-7-8-25(15-24)17-27)35-32-29(20-34-37(31)32)26-9-10-28(21-38)33-19-26/h9-10,18-20,24-25,27,38H,7-8,11-17,21-23H2,1-6H3/t24-,25+,27+. The van der Waals surface area contributed by atoms with Crippen LogP contribution in [0.4, 0.5) is 5.82 Å². The highest BCUT2D eigenvalue weighted by Crippen LogP contribution is 2.48. The van der Waals surface area contributed by atoms with E-state index in [-0.39, 0.29) is 6.61 Å². The highest BCUT2D eigenvalue weighted by molar-refractivity contribution is 6.76. The van der Waals surface area contributed by atoms with E-state index in [4.69, 9.17) is 19.6 Å².